The first-order valence-electron chi connectivity index (χ1n) is 4.05. The molecule has 0 radical (unpaired) electrons. The zero-order valence-corrected chi connectivity index (χ0v) is 7.47. The number of hydrogen-bond acceptors (Lipinski definition) is 3. The molecule has 0 bridgehead atoms. The average Bonchev–Trinajstić information content (AvgIpc) is 2.47. The van der Waals surface area contributed by atoms with Gasteiger partial charge in [-0.2, -0.15) is 0 Å². The van der Waals surface area contributed by atoms with E-state index >= 15 is 0 Å². The van der Waals surface area contributed by atoms with Crippen molar-refractivity contribution in [3.8, 4) is 0 Å². The van der Waals surface area contributed by atoms with Crippen molar-refractivity contribution in [1.82, 2.24) is 9.55 Å². The molecule has 1 aromatic rings. The molecule has 0 fully saturated rings. The van der Waals surface area contributed by atoms with E-state index in [0.29, 0.717) is 6.42 Å². The van der Waals surface area contributed by atoms with Crippen LogP contribution in [0.4, 0.5) is 0 Å². The molecular weight excluding hydrogens is 170 g/mol. The van der Waals surface area contributed by atoms with Crippen LogP contribution in [0.25, 0.3) is 0 Å². The van der Waals surface area contributed by atoms with Crippen molar-refractivity contribution in [3.63, 3.8) is 0 Å². The third-order valence-electron chi connectivity index (χ3n) is 1.90. The maximum atomic E-state index is 10.3. The first-order valence-corrected chi connectivity index (χ1v) is 4.05. The molecule has 0 aliphatic rings. The minimum absolute atomic E-state index is 0.0896. The summed E-state index contributed by atoms with van der Waals surface area (Å²) in [6.45, 7) is 0. The quantitative estimate of drug-likeness (QED) is 0.702. The fourth-order valence-corrected chi connectivity index (χ4v) is 1.15. The highest BCUT2D eigenvalue weighted by Gasteiger charge is 2.10. The van der Waals surface area contributed by atoms with E-state index in [1.807, 2.05) is 7.05 Å². The molecule has 3 N–H and O–H groups in total. The third-order valence-corrected chi connectivity index (χ3v) is 1.90. The molecule has 5 nitrogen and oxygen atoms in total. The topological polar surface area (TPSA) is 81.1 Å². The van der Waals surface area contributed by atoms with Gasteiger partial charge < -0.3 is 15.4 Å². The summed E-state index contributed by atoms with van der Waals surface area (Å²) in [6.07, 6.45) is 3.84. The Labute approximate surface area is 76.2 Å². The van der Waals surface area contributed by atoms with Crippen LogP contribution >= 0.6 is 0 Å². The van der Waals surface area contributed by atoms with Gasteiger partial charge in [0, 0.05) is 25.7 Å². The molecule has 1 aromatic heterocycles. The zero-order chi connectivity index (χ0) is 9.84. The van der Waals surface area contributed by atoms with E-state index < -0.39 is 5.97 Å². The highest BCUT2D eigenvalue weighted by atomic mass is 16.4. The Morgan fingerprint density at radius 3 is 3.00 bits per heavy atom. The molecule has 0 saturated carbocycles. The van der Waals surface area contributed by atoms with E-state index in [1.54, 1.807) is 17.1 Å². The van der Waals surface area contributed by atoms with Crippen molar-refractivity contribution in [1.29, 1.82) is 0 Å². The molecule has 0 aliphatic carbocycles. The molecule has 1 unspecified atom stereocenters. The van der Waals surface area contributed by atoms with Gasteiger partial charge in [-0.1, -0.05) is 0 Å². The summed E-state index contributed by atoms with van der Waals surface area (Å²) in [7, 11) is 1.84. The highest BCUT2D eigenvalue weighted by molar-refractivity contribution is 5.66. The number of imidazole rings is 1. The zero-order valence-electron chi connectivity index (χ0n) is 7.47. The van der Waals surface area contributed by atoms with Crippen LogP contribution in [0, 0.1) is 0 Å². The molecule has 0 amide bonds. The van der Waals surface area contributed by atoms with Crippen LogP contribution in [0.5, 0.6) is 0 Å². The molecule has 13 heavy (non-hydrogen) atoms. The Morgan fingerprint density at radius 1 is 1.85 bits per heavy atom. The Morgan fingerprint density at radius 2 is 2.54 bits per heavy atom. The Hall–Kier alpha value is -1.36. The number of carboxylic acid groups (broad SMARTS) is 1. The predicted molar refractivity (Wildman–Crippen MR) is 47.0 cm³/mol. The lowest BCUT2D eigenvalue weighted by Crippen LogP contribution is -2.15. The number of aryl methyl sites for hydroxylation is 1. The summed E-state index contributed by atoms with van der Waals surface area (Å²) in [5.41, 5.74) is 6.63. The van der Waals surface area contributed by atoms with E-state index in [1.165, 1.54) is 0 Å². The molecular formula is C8H13N3O2. The SMILES string of the molecule is Cn1cncc1C(N)CCC(=O)O. The highest BCUT2D eigenvalue weighted by Crippen LogP contribution is 2.13. The summed E-state index contributed by atoms with van der Waals surface area (Å²) in [5, 5.41) is 8.45. The van der Waals surface area contributed by atoms with Crippen LogP contribution in [0.2, 0.25) is 0 Å². The van der Waals surface area contributed by atoms with Crippen molar-refractivity contribution < 1.29 is 9.90 Å². The number of nitrogens with two attached hydrogens (primary N) is 1. The Bertz CT molecular complexity index is 295. The van der Waals surface area contributed by atoms with Crippen molar-refractivity contribution in [3.05, 3.63) is 18.2 Å². The molecule has 0 saturated heterocycles. The van der Waals surface area contributed by atoms with Gasteiger partial charge in [-0.05, 0) is 6.42 Å². The number of nitrogens with zero attached hydrogens (tertiary/aromatic N) is 2. The molecule has 0 aromatic carbocycles. The second-order valence-electron chi connectivity index (χ2n) is 2.97. The first kappa shape index (κ1) is 9.73. The van der Waals surface area contributed by atoms with E-state index in [-0.39, 0.29) is 12.5 Å². The number of carboxylic acids is 1. The third kappa shape index (κ3) is 2.55. The second kappa shape index (κ2) is 4.04. The van der Waals surface area contributed by atoms with Gasteiger partial charge in [0.1, 0.15) is 0 Å². The van der Waals surface area contributed by atoms with E-state index in [9.17, 15) is 4.79 Å². The maximum absolute atomic E-state index is 10.3. The number of carbonyl (C=O) groups is 1. The Balaban J connectivity index is 2.53. The minimum Gasteiger partial charge on any atom is -0.481 e. The van der Waals surface area contributed by atoms with Crippen molar-refractivity contribution in [2.75, 3.05) is 0 Å². The van der Waals surface area contributed by atoms with Gasteiger partial charge in [0.05, 0.1) is 12.0 Å². The smallest absolute Gasteiger partial charge is 0.303 e. The largest absolute Gasteiger partial charge is 0.481 e. The minimum atomic E-state index is -0.822. The van der Waals surface area contributed by atoms with E-state index in [0.717, 1.165) is 5.69 Å². The molecule has 1 atom stereocenters. The van der Waals surface area contributed by atoms with E-state index in [2.05, 4.69) is 4.98 Å². The normalized spacial score (nSPS) is 12.8. The lowest BCUT2D eigenvalue weighted by molar-refractivity contribution is -0.137. The van der Waals surface area contributed by atoms with Crippen LogP contribution < -0.4 is 5.73 Å². The summed E-state index contributed by atoms with van der Waals surface area (Å²) in [6, 6.07) is -0.247. The van der Waals surface area contributed by atoms with Crippen LogP contribution in [-0.4, -0.2) is 20.6 Å². The van der Waals surface area contributed by atoms with Crippen molar-refractivity contribution >= 4 is 5.97 Å². The Kier molecular flexibility index (Phi) is 3.02. The average molecular weight is 183 g/mol. The second-order valence-corrected chi connectivity index (χ2v) is 2.97. The molecule has 0 spiro atoms. The first-order chi connectivity index (χ1) is 6.11. The number of hydrogen-bond donors (Lipinski definition) is 2. The lowest BCUT2D eigenvalue weighted by Gasteiger charge is -2.09. The molecule has 0 aliphatic heterocycles. The molecule has 5 heteroatoms. The maximum Gasteiger partial charge on any atom is 0.303 e. The van der Waals surface area contributed by atoms with Gasteiger partial charge in [-0.15, -0.1) is 0 Å². The molecule has 1 heterocycles. The fourth-order valence-electron chi connectivity index (χ4n) is 1.15. The number of rotatable bonds is 4. The van der Waals surface area contributed by atoms with Crippen LogP contribution in [-0.2, 0) is 11.8 Å². The molecule has 72 valence electrons. The predicted octanol–water partition coefficient (Wildman–Crippen LogP) is 0.285. The van der Waals surface area contributed by atoms with Crippen molar-refractivity contribution in [2.24, 2.45) is 12.8 Å². The lowest BCUT2D eigenvalue weighted by atomic mass is 10.1. The molecule has 1 rings (SSSR count). The summed E-state index contributed by atoms with van der Waals surface area (Å²) in [5.74, 6) is -0.822. The summed E-state index contributed by atoms with van der Waals surface area (Å²) in [4.78, 5) is 14.2. The van der Waals surface area contributed by atoms with Crippen molar-refractivity contribution in [2.45, 2.75) is 18.9 Å². The van der Waals surface area contributed by atoms with E-state index in [4.69, 9.17) is 10.8 Å². The standard InChI is InChI=1S/C8H13N3O2/c1-11-5-10-4-7(11)6(9)2-3-8(12)13/h4-6H,2-3,9H2,1H3,(H,12,13). The van der Waals surface area contributed by atoms with Crippen LogP contribution in [0.3, 0.4) is 0 Å². The van der Waals surface area contributed by atoms with Gasteiger partial charge in [-0.25, -0.2) is 4.98 Å². The van der Waals surface area contributed by atoms with Gasteiger partial charge in [0.25, 0.3) is 0 Å². The summed E-state index contributed by atoms with van der Waals surface area (Å²) >= 11 is 0. The van der Waals surface area contributed by atoms with Gasteiger partial charge in [-0.3, -0.25) is 4.79 Å². The summed E-state index contributed by atoms with van der Waals surface area (Å²) < 4.78 is 1.80. The van der Waals surface area contributed by atoms with Crippen LogP contribution in [0.1, 0.15) is 24.6 Å². The monoisotopic (exact) mass is 183 g/mol. The fraction of sp³-hybridized carbons (Fsp3) is 0.500. The van der Waals surface area contributed by atoms with Gasteiger partial charge in [0.15, 0.2) is 0 Å². The van der Waals surface area contributed by atoms with Gasteiger partial charge >= 0.3 is 5.97 Å². The van der Waals surface area contributed by atoms with Gasteiger partial charge in [0.2, 0.25) is 0 Å². The number of aromatic nitrogens is 2. The number of aliphatic carboxylic acids is 1. The van der Waals surface area contributed by atoms with Crippen LogP contribution in [0.15, 0.2) is 12.5 Å².